The molecule has 0 radical (unpaired) electrons. The smallest absolute Gasteiger partial charge is 0.261 e. The number of sulfone groups is 1. The molecule has 0 saturated carbocycles. The number of nitrogens with zero attached hydrogens (tertiary/aromatic N) is 1. The van der Waals surface area contributed by atoms with Gasteiger partial charge in [-0.25, -0.2) is 8.42 Å². The van der Waals surface area contributed by atoms with Crippen molar-refractivity contribution in [2.45, 2.75) is 45.7 Å². The Kier molecular flexibility index (Phi) is 6.95. The number of hydrogen-bond acceptors (Lipinski definition) is 4. The van der Waals surface area contributed by atoms with Gasteiger partial charge in [0.15, 0.2) is 16.4 Å². The highest BCUT2D eigenvalue weighted by Crippen LogP contribution is 2.34. The third kappa shape index (κ3) is 5.20. The minimum absolute atomic E-state index is 0.0284. The van der Waals surface area contributed by atoms with Crippen molar-refractivity contribution in [1.29, 1.82) is 0 Å². The molecular weight excluding hydrogens is 474 g/mol. The van der Waals surface area contributed by atoms with Crippen LogP contribution >= 0.6 is 31.9 Å². The second-order valence-corrected chi connectivity index (χ2v) is 10.4. The molecule has 1 amide bonds. The third-order valence-electron chi connectivity index (χ3n) is 4.44. The highest BCUT2D eigenvalue weighted by Gasteiger charge is 2.36. The van der Waals surface area contributed by atoms with Crippen LogP contribution in [0, 0.1) is 6.92 Å². The first kappa shape index (κ1) is 20.7. The molecule has 5 nitrogen and oxygen atoms in total. The minimum Gasteiger partial charge on any atom is -0.481 e. The predicted molar refractivity (Wildman–Crippen MR) is 106 cm³/mol. The second kappa shape index (κ2) is 8.39. The zero-order chi connectivity index (χ0) is 18.8. The highest BCUT2D eigenvalue weighted by atomic mass is 79.9. The lowest BCUT2D eigenvalue weighted by atomic mass is 10.1. The summed E-state index contributed by atoms with van der Waals surface area (Å²) in [5.74, 6) is 0.576. The van der Waals surface area contributed by atoms with E-state index in [9.17, 15) is 13.2 Å². The maximum Gasteiger partial charge on any atom is 0.261 e. The van der Waals surface area contributed by atoms with Crippen LogP contribution in [0.3, 0.4) is 0 Å². The molecule has 1 fully saturated rings. The van der Waals surface area contributed by atoms with E-state index in [2.05, 4.69) is 31.9 Å². The Morgan fingerprint density at radius 2 is 1.96 bits per heavy atom. The Hall–Kier alpha value is -0.600. The van der Waals surface area contributed by atoms with E-state index in [1.165, 1.54) is 0 Å². The van der Waals surface area contributed by atoms with Gasteiger partial charge in [0.1, 0.15) is 5.75 Å². The second-order valence-electron chi connectivity index (χ2n) is 6.46. The van der Waals surface area contributed by atoms with Gasteiger partial charge >= 0.3 is 0 Å². The average molecular weight is 497 g/mol. The fraction of sp³-hybridized carbons (Fsp3) is 0.588. The normalized spacial score (nSPS) is 20.3. The molecule has 0 N–H and O–H groups in total. The Bertz CT molecular complexity index is 728. The fourth-order valence-corrected chi connectivity index (χ4v) is 6.39. The predicted octanol–water partition coefficient (Wildman–Crippen LogP) is 3.71. The maximum atomic E-state index is 12.8. The van der Waals surface area contributed by atoms with Crippen molar-refractivity contribution in [3.05, 3.63) is 26.6 Å². The zero-order valence-corrected chi connectivity index (χ0v) is 18.6. The summed E-state index contributed by atoms with van der Waals surface area (Å²) in [5.41, 5.74) is 1.06. The number of benzene rings is 1. The molecule has 0 bridgehead atoms. The van der Waals surface area contributed by atoms with E-state index >= 15 is 0 Å². The molecule has 2 atom stereocenters. The number of amides is 1. The Morgan fingerprint density at radius 3 is 2.44 bits per heavy atom. The van der Waals surface area contributed by atoms with Gasteiger partial charge in [0, 0.05) is 12.1 Å². The molecule has 140 valence electrons. The van der Waals surface area contributed by atoms with Crippen LogP contribution in [0.5, 0.6) is 5.75 Å². The van der Waals surface area contributed by atoms with Crippen molar-refractivity contribution in [3.63, 3.8) is 0 Å². The summed E-state index contributed by atoms with van der Waals surface area (Å²) >= 11 is 6.90. The largest absolute Gasteiger partial charge is 0.481 e. The average Bonchev–Trinajstić information content (AvgIpc) is 2.85. The molecule has 1 aromatic carbocycles. The molecule has 2 rings (SSSR count). The summed E-state index contributed by atoms with van der Waals surface area (Å²) in [7, 11) is -3.05. The molecule has 1 aliphatic heterocycles. The number of hydrogen-bond donors (Lipinski definition) is 0. The minimum atomic E-state index is -3.05. The lowest BCUT2D eigenvalue weighted by molar-refractivity contribution is -0.137. The van der Waals surface area contributed by atoms with Gasteiger partial charge in [-0.1, -0.05) is 6.92 Å². The topological polar surface area (TPSA) is 63.7 Å². The number of rotatable bonds is 6. The van der Waals surface area contributed by atoms with E-state index in [1.807, 2.05) is 32.9 Å². The van der Waals surface area contributed by atoms with Crippen molar-refractivity contribution in [2.75, 3.05) is 18.1 Å². The summed E-state index contributed by atoms with van der Waals surface area (Å²) in [6.07, 6.45) is 1.26. The highest BCUT2D eigenvalue weighted by molar-refractivity contribution is 9.11. The van der Waals surface area contributed by atoms with Gasteiger partial charge < -0.3 is 9.64 Å². The first-order valence-corrected chi connectivity index (χ1v) is 11.7. The molecule has 1 heterocycles. The summed E-state index contributed by atoms with van der Waals surface area (Å²) in [5, 5.41) is 0. The molecular formula is C17H23Br2NO4S. The zero-order valence-electron chi connectivity index (χ0n) is 14.6. The van der Waals surface area contributed by atoms with Crippen molar-refractivity contribution < 1.29 is 17.9 Å². The van der Waals surface area contributed by atoms with Gasteiger partial charge in [-0.05, 0) is 76.2 Å². The number of halogens is 2. The Balaban J connectivity index is 2.13. The van der Waals surface area contributed by atoms with Crippen molar-refractivity contribution in [1.82, 2.24) is 4.90 Å². The van der Waals surface area contributed by atoms with E-state index in [-0.39, 0.29) is 36.1 Å². The molecule has 1 saturated heterocycles. The van der Waals surface area contributed by atoms with Crippen LogP contribution in [0.15, 0.2) is 21.1 Å². The molecule has 8 heteroatoms. The standard InChI is InChI=1S/C17H23Br2NO4S/c1-4-12(3)20(13-5-6-25(22,23)10-13)16(21)9-24-17-14(18)7-11(2)8-15(17)19/h7-8,12-13H,4-6,9-10H2,1-3H3/t12-,13+/m1/s1. The molecule has 0 aliphatic carbocycles. The third-order valence-corrected chi connectivity index (χ3v) is 7.37. The van der Waals surface area contributed by atoms with Crippen LogP contribution < -0.4 is 4.74 Å². The monoisotopic (exact) mass is 495 g/mol. The number of aryl methyl sites for hydroxylation is 1. The van der Waals surface area contributed by atoms with Gasteiger partial charge in [0.25, 0.3) is 5.91 Å². The molecule has 0 spiro atoms. The molecule has 0 aromatic heterocycles. The number of carbonyl (C=O) groups excluding carboxylic acids is 1. The van der Waals surface area contributed by atoms with Crippen LogP contribution in [0.2, 0.25) is 0 Å². The van der Waals surface area contributed by atoms with E-state index in [0.29, 0.717) is 12.2 Å². The molecule has 1 aromatic rings. The Labute approximate surface area is 166 Å². The fourth-order valence-electron chi connectivity index (χ4n) is 3.03. The quantitative estimate of drug-likeness (QED) is 0.602. The summed E-state index contributed by atoms with van der Waals surface area (Å²) in [4.78, 5) is 14.5. The van der Waals surface area contributed by atoms with E-state index in [1.54, 1.807) is 4.90 Å². The lowest BCUT2D eigenvalue weighted by Gasteiger charge is -2.33. The molecule has 1 aliphatic rings. The van der Waals surface area contributed by atoms with Crippen molar-refractivity contribution >= 4 is 47.6 Å². The van der Waals surface area contributed by atoms with Gasteiger partial charge in [-0.3, -0.25) is 4.79 Å². The summed E-state index contributed by atoms with van der Waals surface area (Å²) in [6.45, 7) is 5.78. The summed E-state index contributed by atoms with van der Waals surface area (Å²) < 4.78 is 30.9. The van der Waals surface area contributed by atoms with E-state index in [4.69, 9.17) is 4.74 Å². The summed E-state index contributed by atoms with van der Waals surface area (Å²) in [6, 6.07) is 3.54. The maximum absolute atomic E-state index is 12.8. The van der Waals surface area contributed by atoms with Gasteiger partial charge in [0.2, 0.25) is 0 Å². The lowest BCUT2D eigenvalue weighted by Crippen LogP contribution is -2.48. The first-order chi connectivity index (χ1) is 11.6. The molecule has 0 unspecified atom stereocenters. The van der Waals surface area contributed by atoms with Crippen molar-refractivity contribution in [3.8, 4) is 5.75 Å². The van der Waals surface area contributed by atoms with Gasteiger partial charge in [-0.2, -0.15) is 0 Å². The van der Waals surface area contributed by atoms with Crippen LogP contribution in [0.1, 0.15) is 32.3 Å². The number of ether oxygens (including phenoxy) is 1. The van der Waals surface area contributed by atoms with Gasteiger partial charge in [0.05, 0.1) is 20.5 Å². The van der Waals surface area contributed by atoms with E-state index in [0.717, 1.165) is 20.9 Å². The van der Waals surface area contributed by atoms with Crippen LogP contribution in [-0.4, -0.2) is 49.4 Å². The van der Waals surface area contributed by atoms with Crippen LogP contribution in [0.4, 0.5) is 0 Å². The van der Waals surface area contributed by atoms with E-state index < -0.39 is 9.84 Å². The van der Waals surface area contributed by atoms with Crippen LogP contribution in [-0.2, 0) is 14.6 Å². The SMILES string of the molecule is CC[C@@H](C)N(C(=O)COc1c(Br)cc(C)cc1Br)[C@H]1CCS(=O)(=O)C1. The van der Waals surface area contributed by atoms with Crippen LogP contribution in [0.25, 0.3) is 0 Å². The number of carbonyl (C=O) groups is 1. The Morgan fingerprint density at radius 1 is 1.36 bits per heavy atom. The van der Waals surface area contributed by atoms with Gasteiger partial charge in [-0.15, -0.1) is 0 Å². The van der Waals surface area contributed by atoms with Crippen molar-refractivity contribution in [2.24, 2.45) is 0 Å². The molecule has 25 heavy (non-hydrogen) atoms. The first-order valence-electron chi connectivity index (χ1n) is 8.24.